The van der Waals surface area contributed by atoms with E-state index in [4.69, 9.17) is 4.74 Å². The molecule has 2 heterocycles. The van der Waals surface area contributed by atoms with Crippen molar-refractivity contribution in [2.45, 2.75) is 25.5 Å². The van der Waals surface area contributed by atoms with Crippen molar-refractivity contribution in [1.82, 2.24) is 4.98 Å². The van der Waals surface area contributed by atoms with Gasteiger partial charge in [-0.25, -0.2) is 4.39 Å². The highest BCUT2D eigenvalue weighted by atomic mass is 19.1. The minimum atomic E-state index is -0.352. The molecule has 1 fully saturated rings. The molecule has 0 saturated carbocycles. The van der Waals surface area contributed by atoms with Gasteiger partial charge < -0.3 is 15.4 Å². The Morgan fingerprint density at radius 2 is 2.15 bits per heavy atom. The quantitative estimate of drug-likeness (QED) is 0.714. The first-order valence-electron chi connectivity index (χ1n) is 8.98. The maximum absolute atomic E-state index is 13.4. The standard InChI is InChI=1S/C21H20FN3O2/c22-15-6-7-17-18(8-9-23-19(17)12-15)24-13-14-3-1-4-16(11-14)25-21(26)20-5-2-10-27-20/h1,3-4,6-9,11-12,20H,2,5,10,13H2,(H,23,24)(H,25,26). The molecule has 2 N–H and O–H groups in total. The maximum Gasteiger partial charge on any atom is 0.253 e. The van der Waals surface area contributed by atoms with Gasteiger partial charge >= 0.3 is 0 Å². The van der Waals surface area contributed by atoms with Crippen molar-refractivity contribution in [3.8, 4) is 0 Å². The fourth-order valence-electron chi connectivity index (χ4n) is 3.24. The maximum atomic E-state index is 13.4. The van der Waals surface area contributed by atoms with E-state index in [2.05, 4.69) is 15.6 Å². The van der Waals surface area contributed by atoms with Gasteiger partial charge in [-0.05, 0) is 48.7 Å². The number of carbonyl (C=O) groups excluding carboxylic acids is 1. The lowest BCUT2D eigenvalue weighted by Gasteiger charge is -2.13. The minimum absolute atomic E-state index is 0.0974. The van der Waals surface area contributed by atoms with Crippen molar-refractivity contribution in [2.24, 2.45) is 0 Å². The van der Waals surface area contributed by atoms with E-state index in [0.29, 0.717) is 18.7 Å². The van der Waals surface area contributed by atoms with E-state index < -0.39 is 0 Å². The molecule has 1 unspecified atom stereocenters. The van der Waals surface area contributed by atoms with Crippen molar-refractivity contribution in [2.75, 3.05) is 17.2 Å². The highest BCUT2D eigenvalue weighted by Crippen LogP contribution is 2.23. The van der Waals surface area contributed by atoms with Crippen LogP contribution in [-0.2, 0) is 16.1 Å². The highest BCUT2D eigenvalue weighted by Gasteiger charge is 2.23. The summed E-state index contributed by atoms with van der Waals surface area (Å²) in [7, 11) is 0. The number of hydrogen-bond donors (Lipinski definition) is 2. The Labute approximate surface area is 156 Å². The zero-order valence-corrected chi connectivity index (χ0v) is 14.7. The fourth-order valence-corrected chi connectivity index (χ4v) is 3.24. The molecule has 0 bridgehead atoms. The Bertz CT molecular complexity index is 971. The van der Waals surface area contributed by atoms with E-state index in [1.54, 1.807) is 12.3 Å². The monoisotopic (exact) mass is 365 g/mol. The molecule has 1 aliphatic heterocycles. The Hall–Kier alpha value is -2.99. The van der Waals surface area contributed by atoms with Crippen LogP contribution in [0, 0.1) is 5.82 Å². The molecule has 3 aromatic rings. The Morgan fingerprint density at radius 1 is 1.22 bits per heavy atom. The van der Waals surface area contributed by atoms with Crippen molar-refractivity contribution in [3.63, 3.8) is 0 Å². The van der Waals surface area contributed by atoms with Crippen LogP contribution in [0.2, 0.25) is 0 Å². The van der Waals surface area contributed by atoms with Crippen LogP contribution >= 0.6 is 0 Å². The molecule has 5 nitrogen and oxygen atoms in total. The number of nitrogens with one attached hydrogen (secondary N) is 2. The summed E-state index contributed by atoms with van der Waals surface area (Å²) in [5.74, 6) is -0.401. The first-order valence-corrected chi connectivity index (χ1v) is 8.98. The molecule has 1 aliphatic rings. The number of nitrogens with zero attached hydrogens (tertiary/aromatic N) is 1. The Kier molecular flexibility index (Phi) is 4.98. The number of aromatic nitrogens is 1. The van der Waals surface area contributed by atoms with E-state index in [1.807, 2.05) is 30.3 Å². The van der Waals surface area contributed by atoms with Gasteiger partial charge in [0.05, 0.1) is 5.52 Å². The molecule has 27 heavy (non-hydrogen) atoms. The number of benzene rings is 2. The fraction of sp³-hybridized carbons (Fsp3) is 0.238. The topological polar surface area (TPSA) is 63.2 Å². The van der Waals surface area contributed by atoms with Gasteiger partial charge in [0.2, 0.25) is 0 Å². The van der Waals surface area contributed by atoms with Gasteiger partial charge in [0, 0.05) is 42.2 Å². The number of carbonyl (C=O) groups is 1. The van der Waals surface area contributed by atoms with Crippen molar-refractivity contribution in [3.05, 3.63) is 66.1 Å². The number of pyridine rings is 1. The summed E-state index contributed by atoms with van der Waals surface area (Å²) in [5, 5.41) is 7.14. The molecule has 0 radical (unpaired) electrons. The summed E-state index contributed by atoms with van der Waals surface area (Å²) in [6.07, 6.45) is 2.99. The molecule has 6 heteroatoms. The lowest BCUT2D eigenvalue weighted by Crippen LogP contribution is -2.26. The molecule has 4 rings (SSSR count). The summed E-state index contributed by atoms with van der Waals surface area (Å²) >= 11 is 0. The van der Waals surface area contributed by atoms with Crippen LogP contribution in [0.15, 0.2) is 54.7 Å². The van der Waals surface area contributed by atoms with Crippen molar-refractivity contribution in [1.29, 1.82) is 0 Å². The number of amides is 1. The van der Waals surface area contributed by atoms with Crippen LogP contribution in [0.25, 0.3) is 10.9 Å². The predicted molar refractivity (Wildman–Crippen MR) is 103 cm³/mol. The van der Waals surface area contributed by atoms with Crippen LogP contribution < -0.4 is 10.6 Å². The SMILES string of the molecule is O=C(Nc1cccc(CNc2ccnc3cc(F)ccc23)c1)C1CCCO1. The van der Waals surface area contributed by atoms with Gasteiger partial charge in [0.1, 0.15) is 11.9 Å². The first kappa shape index (κ1) is 17.4. The molecule has 2 aromatic carbocycles. The van der Waals surface area contributed by atoms with E-state index >= 15 is 0 Å². The first-order chi connectivity index (χ1) is 13.2. The molecule has 0 aliphatic carbocycles. The minimum Gasteiger partial charge on any atom is -0.380 e. The molecule has 1 saturated heterocycles. The summed E-state index contributed by atoms with van der Waals surface area (Å²) in [6, 6.07) is 14.1. The summed E-state index contributed by atoms with van der Waals surface area (Å²) in [5.41, 5.74) is 3.26. The molecule has 1 amide bonds. The second kappa shape index (κ2) is 7.72. The van der Waals surface area contributed by atoms with Gasteiger partial charge in [-0.15, -0.1) is 0 Å². The molecule has 0 spiro atoms. The van der Waals surface area contributed by atoms with Crippen LogP contribution in [0.5, 0.6) is 0 Å². The average Bonchev–Trinajstić information content (AvgIpc) is 3.21. The number of halogens is 1. The molecular formula is C21H20FN3O2. The zero-order valence-electron chi connectivity index (χ0n) is 14.7. The number of fused-ring (bicyclic) bond motifs is 1. The summed E-state index contributed by atoms with van der Waals surface area (Å²) in [6.45, 7) is 1.21. The number of rotatable bonds is 5. The molecule has 138 valence electrons. The third-order valence-corrected chi connectivity index (χ3v) is 4.60. The van der Waals surface area contributed by atoms with Crippen LogP contribution in [0.1, 0.15) is 18.4 Å². The highest BCUT2D eigenvalue weighted by molar-refractivity contribution is 5.94. The molecular weight excluding hydrogens is 345 g/mol. The summed E-state index contributed by atoms with van der Waals surface area (Å²) in [4.78, 5) is 16.4. The van der Waals surface area contributed by atoms with E-state index in [0.717, 1.165) is 35.2 Å². The van der Waals surface area contributed by atoms with Crippen molar-refractivity contribution < 1.29 is 13.9 Å². The molecule has 1 aromatic heterocycles. The van der Waals surface area contributed by atoms with Crippen molar-refractivity contribution >= 4 is 28.2 Å². The van der Waals surface area contributed by atoms with Gasteiger partial charge in [-0.1, -0.05) is 12.1 Å². The Balaban J connectivity index is 1.45. The largest absolute Gasteiger partial charge is 0.380 e. The van der Waals surface area contributed by atoms with Gasteiger partial charge in [-0.3, -0.25) is 9.78 Å². The Morgan fingerprint density at radius 3 is 3.00 bits per heavy atom. The number of hydrogen-bond acceptors (Lipinski definition) is 4. The van der Waals surface area contributed by atoms with E-state index in [1.165, 1.54) is 12.1 Å². The van der Waals surface area contributed by atoms with E-state index in [9.17, 15) is 9.18 Å². The second-order valence-electron chi connectivity index (χ2n) is 6.56. The summed E-state index contributed by atoms with van der Waals surface area (Å²) < 4.78 is 18.8. The van der Waals surface area contributed by atoms with E-state index in [-0.39, 0.29) is 17.8 Å². The van der Waals surface area contributed by atoms with Gasteiger partial charge in [0.25, 0.3) is 5.91 Å². The smallest absolute Gasteiger partial charge is 0.253 e. The third kappa shape index (κ3) is 4.06. The van der Waals surface area contributed by atoms with Gasteiger partial charge in [-0.2, -0.15) is 0 Å². The molecule has 1 atom stereocenters. The average molecular weight is 365 g/mol. The van der Waals surface area contributed by atoms with Crippen LogP contribution in [0.3, 0.4) is 0 Å². The number of ether oxygens (including phenoxy) is 1. The van der Waals surface area contributed by atoms with Crippen LogP contribution in [0.4, 0.5) is 15.8 Å². The lowest BCUT2D eigenvalue weighted by molar-refractivity contribution is -0.124. The normalized spacial score (nSPS) is 16.4. The third-order valence-electron chi connectivity index (χ3n) is 4.60. The second-order valence-corrected chi connectivity index (χ2v) is 6.56. The van der Waals surface area contributed by atoms with Gasteiger partial charge in [0.15, 0.2) is 0 Å². The lowest BCUT2D eigenvalue weighted by atomic mass is 10.1. The van der Waals surface area contributed by atoms with Crippen LogP contribution in [-0.4, -0.2) is 23.6 Å². The number of anilines is 2. The predicted octanol–water partition coefficient (Wildman–Crippen LogP) is 4.10. The zero-order chi connectivity index (χ0) is 18.6.